The van der Waals surface area contributed by atoms with E-state index in [1.807, 2.05) is 35.6 Å². The quantitative estimate of drug-likeness (QED) is 0.875. The number of alkyl halides is 3. The Morgan fingerprint density at radius 3 is 2.39 bits per heavy atom. The molecule has 0 spiro atoms. The van der Waals surface area contributed by atoms with E-state index < -0.39 is 12.1 Å². The minimum atomic E-state index is -4.84. The maximum atomic E-state index is 12.0. The lowest BCUT2D eigenvalue weighted by Gasteiger charge is -2.08. The molecule has 0 heterocycles. The first kappa shape index (κ1) is 12.4. The number of carbonyl (C=O) groups is 1. The zero-order valence-electron chi connectivity index (χ0n) is 9.29. The fraction of sp³-hybridized carbons (Fsp3) is 0.154. The van der Waals surface area contributed by atoms with Crippen LogP contribution >= 0.6 is 0 Å². The maximum absolute atomic E-state index is 12.0. The molecule has 0 aromatic heterocycles. The third kappa shape index (κ3) is 2.80. The Morgan fingerprint density at radius 2 is 1.72 bits per heavy atom. The second kappa shape index (κ2) is 4.68. The van der Waals surface area contributed by atoms with E-state index in [0.29, 0.717) is 5.56 Å². The van der Waals surface area contributed by atoms with Gasteiger partial charge in [0.2, 0.25) is 0 Å². The van der Waals surface area contributed by atoms with Crippen LogP contribution in [0.4, 0.5) is 13.2 Å². The monoisotopic (exact) mass is 253 g/mol. The summed E-state index contributed by atoms with van der Waals surface area (Å²) in [5.74, 6) is -1.92. The number of fused-ring (bicyclic) bond motifs is 1. The Morgan fingerprint density at radius 1 is 1.06 bits per heavy atom. The van der Waals surface area contributed by atoms with E-state index in [1.54, 1.807) is 12.1 Å². The number of carbonyl (C=O) groups excluding carboxylic acids is 1. The Hall–Kier alpha value is -2.04. The van der Waals surface area contributed by atoms with Crippen molar-refractivity contribution in [3.05, 3.63) is 48.0 Å². The van der Waals surface area contributed by atoms with E-state index in [-0.39, 0.29) is 6.54 Å². The summed E-state index contributed by atoms with van der Waals surface area (Å²) < 4.78 is 36.0. The van der Waals surface area contributed by atoms with Gasteiger partial charge in [-0.2, -0.15) is 13.2 Å². The molecule has 2 nitrogen and oxygen atoms in total. The van der Waals surface area contributed by atoms with Gasteiger partial charge in [-0.05, 0) is 22.4 Å². The minimum absolute atomic E-state index is 0.136. The molecule has 0 aliphatic carbocycles. The van der Waals surface area contributed by atoms with E-state index >= 15 is 0 Å². The Labute approximate surface area is 101 Å². The predicted octanol–water partition coefficient (Wildman–Crippen LogP) is 3.02. The molecule has 0 saturated carbocycles. The van der Waals surface area contributed by atoms with Crippen LogP contribution in [0.2, 0.25) is 0 Å². The van der Waals surface area contributed by atoms with Crippen LogP contribution in [-0.4, -0.2) is 12.1 Å². The van der Waals surface area contributed by atoms with Gasteiger partial charge < -0.3 is 5.32 Å². The van der Waals surface area contributed by atoms with Crippen molar-refractivity contribution in [2.75, 3.05) is 0 Å². The molecule has 0 radical (unpaired) electrons. The Kier molecular flexibility index (Phi) is 3.23. The first-order chi connectivity index (χ1) is 8.47. The SMILES string of the molecule is O=C(NCc1ccc2ccccc2c1)C(F)(F)F. The van der Waals surface area contributed by atoms with Gasteiger partial charge in [-0.3, -0.25) is 4.79 Å². The third-order valence-corrected chi connectivity index (χ3v) is 2.52. The van der Waals surface area contributed by atoms with Crippen LogP contribution in [0.3, 0.4) is 0 Å². The van der Waals surface area contributed by atoms with Gasteiger partial charge in [-0.15, -0.1) is 0 Å². The average Bonchev–Trinajstić information content (AvgIpc) is 2.34. The van der Waals surface area contributed by atoms with Crippen LogP contribution in [0.25, 0.3) is 10.8 Å². The van der Waals surface area contributed by atoms with Crippen molar-refractivity contribution in [1.29, 1.82) is 0 Å². The number of hydrogen-bond acceptors (Lipinski definition) is 1. The van der Waals surface area contributed by atoms with E-state index in [4.69, 9.17) is 0 Å². The Bertz CT molecular complexity index is 578. The van der Waals surface area contributed by atoms with Crippen molar-refractivity contribution < 1.29 is 18.0 Å². The summed E-state index contributed by atoms with van der Waals surface area (Å²) in [6.45, 7) is -0.136. The number of nitrogens with one attached hydrogen (secondary N) is 1. The molecule has 2 aromatic rings. The first-order valence-electron chi connectivity index (χ1n) is 5.29. The molecule has 0 unspecified atom stereocenters. The molecule has 2 rings (SSSR count). The lowest BCUT2D eigenvalue weighted by Crippen LogP contribution is -2.36. The van der Waals surface area contributed by atoms with Gasteiger partial charge in [-0.25, -0.2) is 0 Å². The standard InChI is InChI=1S/C13H10F3NO/c14-13(15,16)12(18)17-8-9-5-6-10-3-1-2-4-11(10)7-9/h1-7H,8H2,(H,17,18). The summed E-state index contributed by atoms with van der Waals surface area (Å²) in [5.41, 5.74) is 0.631. The fourth-order valence-electron chi connectivity index (χ4n) is 1.63. The predicted molar refractivity (Wildman–Crippen MR) is 61.8 cm³/mol. The van der Waals surface area contributed by atoms with Gasteiger partial charge in [0.05, 0.1) is 0 Å². The number of halogens is 3. The molecule has 0 aliphatic heterocycles. The molecule has 0 aliphatic rings. The van der Waals surface area contributed by atoms with Crippen molar-refractivity contribution in [3.8, 4) is 0 Å². The molecule has 0 atom stereocenters. The summed E-state index contributed by atoms with van der Waals surface area (Å²) in [4.78, 5) is 10.7. The summed E-state index contributed by atoms with van der Waals surface area (Å²) in [5, 5.41) is 3.77. The van der Waals surface area contributed by atoms with E-state index in [9.17, 15) is 18.0 Å². The Balaban J connectivity index is 2.11. The summed E-state index contributed by atoms with van der Waals surface area (Å²) in [6, 6.07) is 12.8. The molecule has 0 fully saturated rings. The zero-order valence-corrected chi connectivity index (χ0v) is 9.29. The highest BCUT2D eigenvalue weighted by molar-refractivity contribution is 5.84. The normalized spacial score (nSPS) is 11.5. The van der Waals surface area contributed by atoms with E-state index in [2.05, 4.69) is 0 Å². The number of hydrogen-bond donors (Lipinski definition) is 1. The van der Waals surface area contributed by atoms with Gasteiger partial charge in [-0.1, -0.05) is 36.4 Å². The molecule has 18 heavy (non-hydrogen) atoms. The molecule has 2 aromatic carbocycles. The molecule has 94 valence electrons. The lowest BCUT2D eigenvalue weighted by molar-refractivity contribution is -0.173. The van der Waals surface area contributed by atoms with Crippen molar-refractivity contribution >= 4 is 16.7 Å². The summed E-state index contributed by atoms with van der Waals surface area (Å²) in [6.07, 6.45) is -4.84. The smallest absolute Gasteiger partial charge is 0.344 e. The van der Waals surface area contributed by atoms with E-state index in [1.165, 1.54) is 0 Å². The number of benzene rings is 2. The topological polar surface area (TPSA) is 29.1 Å². The molecule has 0 saturated heterocycles. The highest BCUT2D eigenvalue weighted by atomic mass is 19.4. The van der Waals surface area contributed by atoms with Crippen LogP contribution in [0.15, 0.2) is 42.5 Å². The highest BCUT2D eigenvalue weighted by Gasteiger charge is 2.38. The van der Waals surface area contributed by atoms with E-state index in [0.717, 1.165) is 10.8 Å². The molecular weight excluding hydrogens is 243 g/mol. The number of amides is 1. The molecular formula is C13H10F3NO. The van der Waals surface area contributed by atoms with Gasteiger partial charge in [0.25, 0.3) is 0 Å². The van der Waals surface area contributed by atoms with Gasteiger partial charge >= 0.3 is 12.1 Å². The second-order valence-corrected chi connectivity index (χ2v) is 3.86. The van der Waals surface area contributed by atoms with Crippen molar-refractivity contribution in [3.63, 3.8) is 0 Å². The fourth-order valence-corrected chi connectivity index (χ4v) is 1.63. The van der Waals surface area contributed by atoms with Crippen LogP contribution in [-0.2, 0) is 11.3 Å². The van der Waals surface area contributed by atoms with Crippen molar-refractivity contribution in [2.45, 2.75) is 12.7 Å². The zero-order chi connectivity index (χ0) is 13.2. The van der Waals surface area contributed by atoms with Crippen LogP contribution in [0, 0.1) is 0 Å². The van der Waals surface area contributed by atoms with Gasteiger partial charge in [0, 0.05) is 6.54 Å². The first-order valence-corrected chi connectivity index (χ1v) is 5.29. The second-order valence-electron chi connectivity index (χ2n) is 3.86. The van der Waals surface area contributed by atoms with Gasteiger partial charge in [0.15, 0.2) is 0 Å². The van der Waals surface area contributed by atoms with Crippen LogP contribution in [0.1, 0.15) is 5.56 Å². The third-order valence-electron chi connectivity index (χ3n) is 2.52. The lowest BCUT2D eigenvalue weighted by atomic mass is 10.1. The van der Waals surface area contributed by atoms with Crippen molar-refractivity contribution in [1.82, 2.24) is 5.32 Å². The van der Waals surface area contributed by atoms with Gasteiger partial charge in [0.1, 0.15) is 0 Å². The molecule has 1 N–H and O–H groups in total. The van der Waals surface area contributed by atoms with Crippen LogP contribution in [0.5, 0.6) is 0 Å². The number of rotatable bonds is 2. The molecule has 1 amide bonds. The average molecular weight is 253 g/mol. The highest BCUT2D eigenvalue weighted by Crippen LogP contribution is 2.17. The minimum Gasteiger partial charge on any atom is -0.344 e. The largest absolute Gasteiger partial charge is 0.471 e. The molecule has 5 heteroatoms. The van der Waals surface area contributed by atoms with Crippen molar-refractivity contribution in [2.24, 2.45) is 0 Å². The molecule has 0 bridgehead atoms. The maximum Gasteiger partial charge on any atom is 0.471 e. The summed E-state index contributed by atoms with van der Waals surface area (Å²) >= 11 is 0. The summed E-state index contributed by atoms with van der Waals surface area (Å²) in [7, 11) is 0. The van der Waals surface area contributed by atoms with Crippen LogP contribution < -0.4 is 5.32 Å².